The number of nitrogens with zero attached hydrogens (tertiary/aromatic N) is 2. The molecule has 7 heteroatoms. The summed E-state index contributed by atoms with van der Waals surface area (Å²) in [4.78, 5) is 9.06. The third-order valence-electron chi connectivity index (χ3n) is 4.08. The van der Waals surface area contributed by atoms with Crippen molar-refractivity contribution in [3.8, 4) is 11.5 Å². The molecular formula is C20H16Br2N2O2Sn. The van der Waals surface area contributed by atoms with Crippen molar-refractivity contribution in [2.24, 2.45) is 0 Å². The van der Waals surface area contributed by atoms with E-state index in [1.807, 2.05) is 62.6 Å². The van der Waals surface area contributed by atoms with Crippen LogP contribution in [0.5, 0.6) is 11.5 Å². The van der Waals surface area contributed by atoms with Gasteiger partial charge >= 0.3 is 175 Å². The molecule has 0 bridgehead atoms. The zero-order chi connectivity index (χ0) is 19.0. The fourth-order valence-corrected chi connectivity index (χ4v) is 10.1. The molecule has 4 nitrogen and oxygen atoms in total. The Hall–Kier alpha value is -1.38. The molecule has 2 aromatic heterocycles. The number of pyridine rings is 2. The van der Waals surface area contributed by atoms with Gasteiger partial charge in [0, 0.05) is 0 Å². The van der Waals surface area contributed by atoms with Crippen LogP contribution in [-0.2, 0) is 0 Å². The number of hydrogen-bond donors (Lipinski definition) is 0. The predicted molar refractivity (Wildman–Crippen MR) is 118 cm³/mol. The van der Waals surface area contributed by atoms with Gasteiger partial charge in [-0.3, -0.25) is 0 Å². The SMILES string of the molecule is Cc1cnc2c([O][Sn]([Br])([Br])[O]c3cccc4cc(C)cnc34)cccc2c1. The Balaban J connectivity index is 1.67. The molecule has 0 atom stereocenters. The first kappa shape index (κ1) is 19.0. The van der Waals surface area contributed by atoms with Gasteiger partial charge in [-0.25, -0.2) is 0 Å². The average molecular weight is 595 g/mol. The first-order valence-corrected chi connectivity index (χ1v) is 23.5. The van der Waals surface area contributed by atoms with Crippen LogP contribution in [-0.4, -0.2) is 24.7 Å². The summed E-state index contributed by atoms with van der Waals surface area (Å²) in [5, 5.41) is 2.08. The van der Waals surface area contributed by atoms with Crippen LogP contribution in [0.1, 0.15) is 11.1 Å². The molecule has 0 fully saturated rings. The molecule has 0 aliphatic heterocycles. The van der Waals surface area contributed by atoms with E-state index < -0.39 is 14.8 Å². The number of halogens is 2. The summed E-state index contributed by atoms with van der Waals surface area (Å²) in [6.07, 6.45) is 3.68. The van der Waals surface area contributed by atoms with E-state index in [4.69, 9.17) is 6.15 Å². The molecule has 0 spiro atoms. The van der Waals surface area contributed by atoms with Crippen LogP contribution in [0.15, 0.2) is 60.9 Å². The Kier molecular flexibility index (Phi) is 5.31. The van der Waals surface area contributed by atoms with Crippen molar-refractivity contribution in [3.05, 3.63) is 72.1 Å². The third kappa shape index (κ3) is 4.22. The molecule has 0 radical (unpaired) electrons. The molecule has 0 saturated heterocycles. The minimum absolute atomic E-state index is 0.695. The number of para-hydroxylation sites is 2. The van der Waals surface area contributed by atoms with Crippen molar-refractivity contribution in [2.75, 3.05) is 0 Å². The summed E-state index contributed by atoms with van der Waals surface area (Å²) in [6, 6.07) is 16.0. The molecule has 4 aromatic rings. The predicted octanol–water partition coefficient (Wildman–Crippen LogP) is 6.08. The zero-order valence-electron chi connectivity index (χ0n) is 14.7. The number of benzene rings is 2. The first-order chi connectivity index (χ1) is 12.9. The van der Waals surface area contributed by atoms with Crippen LogP contribution >= 0.6 is 25.4 Å². The van der Waals surface area contributed by atoms with E-state index >= 15 is 0 Å². The molecule has 0 saturated carbocycles. The Bertz CT molecular complexity index is 1060. The molecule has 0 aliphatic carbocycles. The molecule has 136 valence electrons. The van der Waals surface area contributed by atoms with Gasteiger partial charge < -0.3 is 0 Å². The molecule has 0 N–H and O–H groups in total. The fraction of sp³-hybridized carbons (Fsp3) is 0.100. The minimum atomic E-state index is -3.74. The van der Waals surface area contributed by atoms with E-state index in [1.54, 1.807) is 0 Å². The van der Waals surface area contributed by atoms with Crippen LogP contribution in [0.25, 0.3) is 21.8 Å². The molecule has 2 heterocycles. The number of aromatic nitrogens is 2. The topological polar surface area (TPSA) is 44.2 Å². The fourth-order valence-electron chi connectivity index (χ4n) is 2.93. The summed E-state index contributed by atoms with van der Waals surface area (Å²) in [5.41, 5.74) is 3.86. The Morgan fingerprint density at radius 1 is 0.741 bits per heavy atom. The number of rotatable bonds is 4. The van der Waals surface area contributed by atoms with Crippen LogP contribution in [0.4, 0.5) is 0 Å². The van der Waals surface area contributed by atoms with E-state index in [9.17, 15) is 0 Å². The normalized spacial score (nSPS) is 11.7. The Labute approximate surface area is 174 Å². The maximum absolute atomic E-state index is 6.26. The van der Waals surface area contributed by atoms with E-state index in [1.165, 1.54) is 0 Å². The third-order valence-corrected chi connectivity index (χ3v) is 11.0. The van der Waals surface area contributed by atoms with Gasteiger partial charge in [0.05, 0.1) is 0 Å². The second-order valence-electron chi connectivity index (χ2n) is 6.35. The molecular weight excluding hydrogens is 579 g/mol. The molecule has 27 heavy (non-hydrogen) atoms. The number of fused-ring (bicyclic) bond motifs is 2. The molecule has 0 amide bonds. The van der Waals surface area contributed by atoms with Crippen LogP contribution < -0.4 is 6.15 Å². The van der Waals surface area contributed by atoms with Gasteiger partial charge in [-0.2, -0.15) is 0 Å². The number of aryl methyl sites for hydroxylation is 2. The van der Waals surface area contributed by atoms with Gasteiger partial charge in [-0.1, -0.05) is 0 Å². The molecule has 0 unspecified atom stereocenters. The maximum atomic E-state index is 6.26. The standard InChI is InChI=1S/2C10H9NO.2BrH.Sn/c2*1-7-5-8-3-2-4-9(12)10(8)11-6-7;;;/h2*2-6,12H,1H3;2*1H;/q;;;;+4/p-4. The van der Waals surface area contributed by atoms with Crippen molar-refractivity contribution >= 4 is 62.0 Å². The second-order valence-corrected chi connectivity index (χ2v) is 31.3. The van der Waals surface area contributed by atoms with Gasteiger partial charge in [0.15, 0.2) is 0 Å². The second kappa shape index (κ2) is 7.56. The monoisotopic (exact) mass is 594 g/mol. The van der Waals surface area contributed by atoms with Gasteiger partial charge in [0.25, 0.3) is 0 Å². The van der Waals surface area contributed by atoms with Gasteiger partial charge in [-0.15, -0.1) is 0 Å². The van der Waals surface area contributed by atoms with E-state index in [-0.39, 0.29) is 0 Å². The quantitative estimate of drug-likeness (QED) is 0.269. The van der Waals surface area contributed by atoms with E-state index in [2.05, 4.69) is 47.5 Å². The van der Waals surface area contributed by atoms with Gasteiger partial charge in [0.1, 0.15) is 0 Å². The van der Waals surface area contributed by atoms with Crippen molar-refractivity contribution in [2.45, 2.75) is 13.8 Å². The van der Waals surface area contributed by atoms with Crippen LogP contribution in [0.2, 0.25) is 0 Å². The van der Waals surface area contributed by atoms with Crippen molar-refractivity contribution < 1.29 is 6.15 Å². The van der Waals surface area contributed by atoms with Gasteiger partial charge in [0.2, 0.25) is 0 Å². The van der Waals surface area contributed by atoms with Crippen LogP contribution in [0.3, 0.4) is 0 Å². The average Bonchev–Trinajstić information content (AvgIpc) is 2.61. The van der Waals surface area contributed by atoms with E-state index in [0.717, 1.165) is 32.9 Å². The number of hydrogen-bond acceptors (Lipinski definition) is 4. The Morgan fingerprint density at radius 3 is 1.63 bits per heavy atom. The molecule has 2 aromatic carbocycles. The summed E-state index contributed by atoms with van der Waals surface area (Å²) in [5.74, 6) is 1.39. The summed E-state index contributed by atoms with van der Waals surface area (Å²) in [6.45, 7) is 4.05. The summed E-state index contributed by atoms with van der Waals surface area (Å²) >= 11 is 3.62. The summed E-state index contributed by atoms with van der Waals surface area (Å²) < 4.78 is 12.5. The van der Waals surface area contributed by atoms with Crippen LogP contribution in [0, 0.1) is 13.8 Å². The van der Waals surface area contributed by atoms with Crippen molar-refractivity contribution in [1.82, 2.24) is 9.97 Å². The molecule has 0 aliphatic rings. The van der Waals surface area contributed by atoms with Crippen molar-refractivity contribution in [3.63, 3.8) is 0 Å². The van der Waals surface area contributed by atoms with Crippen molar-refractivity contribution in [1.29, 1.82) is 0 Å². The molecule has 4 rings (SSSR count). The summed E-state index contributed by atoms with van der Waals surface area (Å²) in [7, 11) is 0. The van der Waals surface area contributed by atoms with Gasteiger partial charge in [-0.05, 0) is 0 Å². The van der Waals surface area contributed by atoms with E-state index in [0.29, 0.717) is 11.5 Å². The Morgan fingerprint density at radius 2 is 1.19 bits per heavy atom. The zero-order valence-corrected chi connectivity index (χ0v) is 20.8. The first-order valence-electron chi connectivity index (χ1n) is 8.38.